The molecule has 1 atom stereocenters. The zero-order chi connectivity index (χ0) is 10.1. The van der Waals surface area contributed by atoms with Gasteiger partial charge in [-0.1, -0.05) is 6.92 Å². The van der Waals surface area contributed by atoms with Crippen molar-refractivity contribution in [2.45, 2.75) is 19.4 Å². The summed E-state index contributed by atoms with van der Waals surface area (Å²) in [4.78, 5) is 10.9. The van der Waals surface area contributed by atoms with Gasteiger partial charge >= 0.3 is 5.97 Å². The van der Waals surface area contributed by atoms with Crippen LogP contribution in [-0.2, 0) is 9.53 Å². The van der Waals surface area contributed by atoms with E-state index in [1.54, 1.807) is 0 Å². The van der Waals surface area contributed by atoms with Crippen molar-refractivity contribution in [3.05, 3.63) is 0 Å². The maximum absolute atomic E-state index is 10.9. The number of nitrogens with two attached hydrogens (primary N) is 1. The molecular formula is C8H18N2O3. The Morgan fingerprint density at radius 2 is 2.31 bits per heavy atom. The van der Waals surface area contributed by atoms with Gasteiger partial charge in [0.25, 0.3) is 0 Å². The molecule has 78 valence electrons. The number of carbonyl (C=O) groups is 1. The third-order valence-corrected chi connectivity index (χ3v) is 1.45. The quantitative estimate of drug-likeness (QED) is 0.348. The SMILES string of the molecule is CCCNCCOC(=O)C(N)CO. The van der Waals surface area contributed by atoms with Crippen LogP contribution in [0.3, 0.4) is 0 Å². The van der Waals surface area contributed by atoms with E-state index in [1.807, 2.05) is 0 Å². The third-order valence-electron chi connectivity index (χ3n) is 1.45. The number of hydrogen-bond donors (Lipinski definition) is 3. The molecule has 0 saturated carbocycles. The second-order valence-electron chi connectivity index (χ2n) is 2.71. The van der Waals surface area contributed by atoms with Gasteiger partial charge in [0, 0.05) is 6.54 Å². The molecule has 4 N–H and O–H groups in total. The number of hydrogen-bond acceptors (Lipinski definition) is 5. The van der Waals surface area contributed by atoms with Crippen molar-refractivity contribution in [3.8, 4) is 0 Å². The zero-order valence-electron chi connectivity index (χ0n) is 7.95. The molecule has 0 saturated heterocycles. The Balaban J connectivity index is 3.27. The Kier molecular flexibility index (Phi) is 7.57. The highest BCUT2D eigenvalue weighted by Crippen LogP contribution is 1.83. The van der Waals surface area contributed by atoms with Gasteiger partial charge in [0.05, 0.1) is 6.61 Å². The number of esters is 1. The highest BCUT2D eigenvalue weighted by atomic mass is 16.5. The Hall–Kier alpha value is -0.650. The van der Waals surface area contributed by atoms with E-state index in [4.69, 9.17) is 15.6 Å². The van der Waals surface area contributed by atoms with Crippen LogP contribution in [0.1, 0.15) is 13.3 Å². The highest BCUT2D eigenvalue weighted by Gasteiger charge is 2.12. The fourth-order valence-electron chi connectivity index (χ4n) is 0.707. The fraction of sp³-hybridized carbons (Fsp3) is 0.875. The van der Waals surface area contributed by atoms with E-state index in [0.29, 0.717) is 13.2 Å². The molecule has 5 heteroatoms. The summed E-state index contributed by atoms with van der Waals surface area (Å²) in [5, 5.41) is 11.6. The smallest absolute Gasteiger partial charge is 0.325 e. The molecule has 0 rings (SSSR count). The lowest BCUT2D eigenvalue weighted by atomic mass is 10.3. The van der Waals surface area contributed by atoms with Crippen molar-refractivity contribution in [2.24, 2.45) is 5.73 Å². The maximum Gasteiger partial charge on any atom is 0.325 e. The zero-order valence-corrected chi connectivity index (χ0v) is 7.95. The molecule has 0 aliphatic rings. The minimum atomic E-state index is -0.911. The van der Waals surface area contributed by atoms with Crippen LogP contribution in [0.15, 0.2) is 0 Å². The fourth-order valence-corrected chi connectivity index (χ4v) is 0.707. The first-order valence-corrected chi connectivity index (χ1v) is 4.46. The molecule has 0 radical (unpaired) electrons. The van der Waals surface area contributed by atoms with E-state index in [1.165, 1.54) is 0 Å². The Bertz CT molecular complexity index is 141. The van der Waals surface area contributed by atoms with E-state index in [2.05, 4.69) is 12.2 Å². The van der Waals surface area contributed by atoms with Gasteiger partial charge in [-0.05, 0) is 13.0 Å². The summed E-state index contributed by atoms with van der Waals surface area (Å²) >= 11 is 0. The molecule has 0 aromatic rings. The number of ether oxygens (including phenoxy) is 1. The lowest BCUT2D eigenvalue weighted by Gasteiger charge is -2.08. The van der Waals surface area contributed by atoms with Gasteiger partial charge in [-0.25, -0.2) is 0 Å². The third kappa shape index (κ3) is 6.51. The van der Waals surface area contributed by atoms with Gasteiger partial charge < -0.3 is 20.9 Å². The predicted octanol–water partition coefficient (Wildman–Crippen LogP) is -1.15. The first-order chi connectivity index (χ1) is 6.22. The summed E-state index contributed by atoms with van der Waals surface area (Å²) in [6, 6.07) is -0.911. The van der Waals surface area contributed by atoms with Crippen LogP contribution in [0.2, 0.25) is 0 Å². The predicted molar refractivity (Wildman–Crippen MR) is 49.2 cm³/mol. The second-order valence-corrected chi connectivity index (χ2v) is 2.71. The lowest BCUT2D eigenvalue weighted by molar-refractivity contribution is -0.145. The number of rotatable bonds is 7. The molecule has 0 bridgehead atoms. The summed E-state index contributed by atoms with van der Waals surface area (Å²) in [7, 11) is 0. The van der Waals surface area contributed by atoms with Gasteiger partial charge in [-0.3, -0.25) is 4.79 Å². The molecule has 0 aromatic carbocycles. The molecule has 0 spiro atoms. The van der Waals surface area contributed by atoms with Crippen LogP contribution in [0, 0.1) is 0 Å². The monoisotopic (exact) mass is 190 g/mol. The largest absolute Gasteiger partial charge is 0.463 e. The van der Waals surface area contributed by atoms with E-state index < -0.39 is 12.0 Å². The Morgan fingerprint density at radius 3 is 2.85 bits per heavy atom. The first kappa shape index (κ1) is 12.3. The van der Waals surface area contributed by atoms with Crippen molar-refractivity contribution in [3.63, 3.8) is 0 Å². The van der Waals surface area contributed by atoms with Gasteiger partial charge in [-0.2, -0.15) is 0 Å². The number of carbonyl (C=O) groups excluding carboxylic acids is 1. The van der Waals surface area contributed by atoms with E-state index in [9.17, 15) is 4.79 Å². The average Bonchev–Trinajstić information content (AvgIpc) is 2.16. The molecule has 0 amide bonds. The van der Waals surface area contributed by atoms with Crippen LogP contribution in [0.5, 0.6) is 0 Å². The van der Waals surface area contributed by atoms with E-state index in [-0.39, 0.29) is 6.61 Å². The molecule has 5 nitrogen and oxygen atoms in total. The van der Waals surface area contributed by atoms with Crippen LogP contribution < -0.4 is 11.1 Å². The van der Waals surface area contributed by atoms with Crippen molar-refractivity contribution in [1.29, 1.82) is 0 Å². The summed E-state index contributed by atoms with van der Waals surface area (Å²) in [5.74, 6) is -0.555. The lowest BCUT2D eigenvalue weighted by Crippen LogP contribution is -2.36. The molecule has 1 unspecified atom stereocenters. The van der Waals surface area contributed by atoms with Crippen molar-refractivity contribution >= 4 is 5.97 Å². The number of aliphatic hydroxyl groups is 1. The van der Waals surface area contributed by atoms with Crippen molar-refractivity contribution < 1.29 is 14.6 Å². The van der Waals surface area contributed by atoms with Gasteiger partial charge in [-0.15, -0.1) is 0 Å². The summed E-state index contributed by atoms with van der Waals surface area (Å²) in [5.41, 5.74) is 5.21. The molecule has 0 aliphatic carbocycles. The first-order valence-electron chi connectivity index (χ1n) is 4.46. The summed E-state index contributed by atoms with van der Waals surface area (Å²) in [6.45, 7) is 3.51. The topological polar surface area (TPSA) is 84.6 Å². The molecule has 0 fully saturated rings. The van der Waals surface area contributed by atoms with Crippen molar-refractivity contribution in [2.75, 3.05) is 26.3 Å². The normalized spacial score (nSPS) is 12.5. The number of aliphatic hydroxyl groups excluding tert-OH is 1. The Labute approximate surface area is 78.3 Å². The maximum atomic E-state index is 10.9. The average molecular weight is 190 g/mol. The summed E-state index contributed by atoms with van der Waals surface area (Å²) < 4.78 is 4.75. The van der Waals surface area contributed by atoms with Gasteiger partial charge in [0.15, 0.2) is 0 Å². The van der Waals surface area contributed by atoms with Crippen LogP contribution in [0.25, 0.3) is 0 Å². The van der Waals surface area contributed by atoms with Crippen LogP contribution in [0.4, 0.5) is 0 Å². The van der Waals surface area contributed by atoms with E-state index >= 15 is 0 Å². The summed E-state index contributed by atoms with van der Waals surface area (Å²) in [6.07, 6.45) is 1.05. The minimum Gasteiger partial charge on any atom is -0.463 e. The molecule has 13 heavy (non-hydrogen) atoms. The van der Waals surface area contributed by atoms with Crippen molar-refractivity contribution in [1.82, 2.24) is 5.32 Å². The van der Waals surface area contributed by atoms with Gasteiger partial charge in [0.1, 0.15) is 12.6 Å². The standard InChI is InChI=1S/C8H18N2O3/c1-2-3-10-4-5-13-8(12)7(9)6-11/h7,10-11H,2-6,9H2,1H3. The van der Waals surface area contributed by atoms with E-state index in [0.717, 1.165) is 13.0 Å². The van der Waals surface area contributed by atoms with Crippen LogP contribution >= 0.6 is 0 Å². The van der Waals surface area contributed by atoms with Crippen LogP contribution in [-0.4, -0.2) is 43.4 Å². The minimum absolute atomic E-state index is 0.298. The molecule has 0 aliphatic heterocycles. The van der Waals surface area contributed by atoms with Gasteiger partial charge in [0.2, 0.25) is 0 Å². The molecular weight excluding hydrogens is 172 g/mol. The molecule has 0 heterocycles. The second kappa shape index (κ2) is 7.97. The Morgan fingerprint density at radius 1 is 1.62 bits per heavy atom. The molecule has 0 aromatic heterocycles. The highest BCUT2D eigenvalue weighted by molar-refractivity contribution is 5.75. The number of nitrogens with one attached hydrogen (secondary N) is 1.